The highest BCUT2D eigenvalue weighted by Crippen LogP contribution is 2.13. The fourth-order valence-corrected chi connectivity index (χ4v) is 3.62. The van der Waals surface area contributed by atoms with Crippen molar-refractivity contribution in [1.29, 1.82) is 0 Å². The molecule has 0 saturated carbocycles. The largest absolute Gasteiger partial charge is 0.394 e. The molecule has 0 bridgehead atoms. The van der Waals surface area contributed by atoms with Crippen molar-refractivity contribution in [2.24, 2.45) is 0 Å². The molecule has 0 radical (unpaired) electrons. The van der Waals surface area contributed by atoms with Crippen molar-refractivity contribution >= 4 is 5.91 Å². The van der Waals surface area contributed by atoms with Crippen LogP contribution in [0, 0.1) is 0 Å². The van der Waals surface area contributed by atoms with Crippen molar-refractivity contribution in [2.75, 3.05) is 20.2 Å². The third-order valence-corrected chi connectivity index (χ3v) is 5.52. The van der Waals surface area contributed by atoms with Crippen LogP contribution in [0.15, 0.2) is 67.1 Å². The van der Waals surface area contributed by atoms with Crippen LogP contribution in [0.2, 0.25) is 0 Å². The number of aliphatic hydroxyl groups is 2. The number of nitrogens with zero attached hydrogens (tertiary/aromatic N) is 5. The van der Waals surface area contributed by atoms with E-state index < -0.39 is 6.10 Å². The maximum absolute atomic E-state index is 12.7. The van der Waals surface area contributed by atoms with Crippen LogP contribution in [0.3, 0.4) is 0 Å². The number of carbonyl (C=O) groups is 1. The number of hydrogen-bond acceptors (Lipinski definition) is 7. The van der Waals surface area contributed by atoms with E-state index in [9.17, 15) is 9.90 Å². The average molecular weight is 464 g/mol. The molecule has 180 valence electrons. The first-order valence-electron chi connectivity index (χ1n) is 11.6. The first-order valence-corrected chi connectivity index (χ1v) is 11.6. The molecule has 0 aliphatic carbocycles. The number of carbonyl (C=O) groups excluding carboxylic acids is 1. The van der Waals surface area contributed by atoms with E-state index in [0.717, 1.165) is 29.9 Å². The van der Waals surface area contributed by atoms with Crippen molar-refractivity contribution < 1.29 is 15.0 Å². The Kier molecular flexibility index (Phi) is 10.1. The maximum Gasteiger partial charge on any atom is 0.255 e. The smallest absolute Gasteiger partial charge is 0.255 e. The normalized spacial score (nSPS) is 12.0. The SMILES string of the molecule is CN(CCCCC(O)CO)C(=O)c1ccc(CN(Cc2ccccn2)Cc2ccccn2)nc1. The molecule has 1 unspecified atom stereocenters. The van der Waals surface area contributed by atoms with E-state index in [0.29, 0.717) is 38.2 Å². The lowest BCUT2D eigenvalue weighted by Crippen LogP contribution is -2.28. The van der Waals surface area contributed by atoms with E-state index in [2.05, 4.69) is 19.9 Å². The van der Waals surface area contributed by atoms with Crippen LogP contribution in [-0.2, 0) is 19.6 Å². The van der Waals surface area contributed by atoms with E-state index in [1.165, 1.54) is 0 Å². The zero-order chi connectivity index (χ0) is 24.2. The van der Waals surface area contributed by atoms with Crippen molar-refractivity contribution in [1.82, 2.24) is 24.8 Å². The minimum Gasteiger partial charge on any atom is -0.394 e. The van der Waals surface area contributed by atoms with Gasteiger partial charge in [-0.25, -0.2) is 0 Å². The van der Waals surface area contributed by atoms with Crippen LogP contribution in [0.25, 0.3) is 0 Å². The molecule has 0 aromatic carbocycles. The second-order valence-electron chi connectivity index (χ2n) is 8.38. The van der Waals surface area contributed by atoms with Gasteiger partial charge in [-0.3, -0.25) is 24.6 Å². The fourth-order valence-electron chi connectivity index (χ4n) is 3.62. The van der Waals surface area contributed by atoms with E-state index in [4.69, 9.17) is 5.11 Å². The molecule has 3 heterocycles. The summed E-state index contributed by atoms with van der Waals surface area (Å²) in [7, 11) is 1.76. The highest BCUT2D eigenvalue weighted by molar-refractivity contribution is 5.93. The summed E-state index contributed by atoms with van der Waals surface area (Å²) in [5.74, 6) is -0.0828. The Bertz CT molecular complexity index is 945. The number of amides is 1. The summed E-state index contributed by atoms with van der Waals surface area (Å²) >= 11 is 0. The standard InChI is InChI=1S/C26H33N5O3/c1-30(15-7-4-10-25(33)20-32)26(34)21-11-12-24(29-16-21)19-31(17-22-8-2-5-13-27-22)18-23-9-3-6-14-28-23/h2-3,5-6,8-9,11-14,16,25,32-33H,4,7,10,15,17-20H2,1H3. The molecule has 34 heavy (non-hydrogen) atoms. The Morgan fingerprint density at radius 3 is 2.00 bits per heavy atom. The van der Waals surface area contributed by atoms with Crippen LogP contribution in [0.5, 0.6) is 0 Å². The molecule has 0 aliphatic heterocycles. The van der Waals surface area contributed by atoms with Gasteiger partial charge in [0.2, 0.25) is 0 Å². The van der Waals surface area contributed by atoms with E-state index >= 15 is 0 Å². The van der Waals surface area contributed by atoms with Crippen molar-refractivity contribution in [3.8, 4) is 0 Å². The molecular formula is C26H33N5O3. The van der Waals surface area contributed by atoms with Gasteiger partial charge in [0.15, 0.2) is 0 Å². The van der Waals surface area contributed by atoms with Gasteiger partial charge in [-0.15, -0.1) is 0 Å². The topological polar surface area (TPSA) is 103 Å². The molecule has 3 aromatic rings. The fraction of sp³-hybridized carbons (Fsp3) is 0.385. The van der Waals surface area contributed by atoms with Gasteiger partial charge in [-0.2, -0.15) is 0 Å². The molecule has 0 fully saturated rings. The lowest BCUT2D eigenvalue weighted by molar-refractivity contribution is 0.0770. The van der Waals surface area contributed by atoms with Gasteiger partial charge in [0, 0.05) is 51.8 Å². The highest BCUT2D eigenvalue weighted by Gasteiger charge is 2.14. The molecule has 8 nitrogen and oxygen atoms in total. The van der Waals surface area contributed by atoms with Gasteiger partial charge in [-0.05, 0) is 55.7 Å². The van der Waals surface area contributed by atoms with Crippen molar-refractivity contribution in [3.05, 3.63) is 89.8 Å². The molecule has 3 aromatic heterocycles. The zero-order valence-electron chi connectivity index (χ0n) is 19.6. The molecule has 8 heteroatoms. The maximum atomic E-state index is 12.7. The van der Waals surface area contributed by atoms with E-state index in [1.54, 1.807) is 30.5 Å². The molecule has 3 rings (SSSR count). The summed E-state index contributed by atoms with van der Waals surface area (Å²) in [5.41, 5.74) is 3.35. The summed E-state index contributed by atoms with van der Waals surface area (Å²) < 4.78 is 0. The Balaban J connectivity index is 1.59. The molecule has 0 spiro atoms. The third kappa shape index (κ3) is 8.30. The van der Waals surface area contributed by atoms with Crippen molar-refractivity contribution in [3.63, 3.8) is 0 Å². The Morgan fingerprint density at radius 1 is 0.882 bits per heavy atom. The first kappa shape index (κ1) is 25.4. The van der Waals surface area contributed by atoms with E-state index in [1.807, 2.05) is 48.5 Å². The minimum atomic E-state index is -0.687. The number of aromatic nitrogens is 3. The van der Waals surface area contributed by atoms with Crippen LogP contribution in [-0.4, -0.2) is 67.2 Å². The van der Waals surface area contributed by atoms with Crippen LogP contribution in [0.1, 0.15) is 46.7 Å². The quantitative estimate of drug-likeness (QED) is 0.376. The van der Waals surface area contributed by atoms with Crippen LogP contribution in [0.4, 0.5) is 0 Å². The second kappa shape index (κ2) is 13.5. The monoisotopic (exact) mass is 463 g/mol. The van der Waals surface area contributed by atoms with Gasteiger partial charge in [0.1, 0.15) is 0 Å². The summed E-state index contributed by atoms with van der Waals surface area (Å²) in [5, 5.41) is 18.3. The summed E-state index contributed by atoms with van der Waals surface area (Å²) in [4.78, 5) is 30.0. The molecule has 0 saturated heterocycles. The number of rotatable bonds is 13. The average Bonchev–Trinajstić information content (AvgIpc) is 2.87. The molecule has 2 N–H and O–H groups in total. The van der Waals surface area contributed by atoms with Crippen LogP contribution >= 0.6 is 0 Å². The molecule has 1 amide bonds. The molecule has 0 aliphatic rings. The lowest BCUT2D eigenvalue weighted by atomic mass is 10.1. The van der Waals surface area contributed by atoms with Gasteiger partial charge in [0.05, 0.1) is 35.4 Å². The predicted molar refractivity (Wildman–Crippen MR) is 130 cm³/mol. The van der Waals surface area contributed by atoms with Gasteiger partial charge >= 0.3 is 0 Å². The number of pyridine rings is 3. The molecule has 1 atom stereocenters. The second-order valence-corrected chi connectivity index (χ2v) is 8.38. The first-order chi connectivity index (χ1) is 16.5. The lowest BCUT2D eigenvalue weighted by Gasteiger charge is -2.21. The Morgan fingerprint density at radius 2 is 1.50 bits per heavy atom. The third-order valence-electron chi connectivity index (χ3n) is 5.52. The summed E-state index contributed by atoms with van der Waals surface area (Å²) in [6, 6.07) is 15.5. The van der Waals surface area contributed by atoms with E-state index in [-0.39, 0.29) is 12.5 Å². The van der Waals surface area contributed by atoms with Gasteiger partial charge in [-0.1, -0.05) is 12.1 Å². The van der Waals surface area contributed by atoms with Crippen LogP contribution < -0.4 is 0 Å². The highest BCUT2D eigenvalue weighted by atomic mass is 16.3. The number of aliphatic hydroxyl groups excluding tert-OH is 2. The Labute approximate surface area is 200 Å². The summed E-state index contributed by atoms with van der Waals surface area (Å²) in [6.45, 7) is 2.28. The predicted octanol–water partition coefficient (Wildman–Crippen LogP) is 2.67. The Hall–Kier alpha value is -3.20. The number of unbranched alkanes of at least 4 members (excludes halogenated alkanes) is 1. The molecular weight excluding hydrogens is 430 g/mol. The summed E-state index contributed by atoms with van der Waals surface area (Å²) in [6.07, 6.45) is 6.56. The van der Waals surface area contributed by atoms with Gasteiger partial charge < -0.3 is 15.1 Å². The van der Waals surface area contributed by atoms with Gasteiger partial charge in [0.25, 0.3) is 5.91 Å². The van der Waals surface area contributed by atoms with Crippen molar-refractivity contribution in [2.45, 2.75) is 45.0 Å². The minimum absolute atomic E-state index is 0.0828. The zero-order valence-corrected chi connectivity index (χ0v) is 19.6. The number of hydrogen-bond donors (Lipinski definition) is 2.